The van der Waals surface area contributed by atoms with E-state index >= 15 is 0 Å². The van der Waals surface area contributed by atoms with Crippen molar-refractivity contribution in [3.63, 3.8) is 0 Å². The summed E-state index contributed by atoms with van der Waals surface area (Å²) in [4.78, 5) is 23.0. The number of rotatable bonds is 4. The molecule has 11 rings (SSSR count). The zero-order valence-electron chi connectivity index (χ0n) is 30.5. The van der Waals surface area contributed by atoms with Crippen molar-refractivity contribution >= 4 is 33.3 Å². The predicted octanol–water partition coefficient (Wildman–Crippen LogP) is 12.2. The third kappa shape index (κ3) is 4.93. The molecule has 7 aromatic carbocycles. The summed E-state index contributed by atoms with van der Waals surface area (Å²) in [7, 11) is 0. The van der Waals surface area contributed by atoms with Gasteiger partial charge in [-0.05, 0) is 63.0 Å². The lowest BCUT2D eigenvalue weighted by Gasteiger charge is -2.33. The first-order valence-corrected chi connectivity index (χ1v) is 18.9. The molecule has 0 spiro atoms. The van der Waals surface area contributed by atoms with E-state index in [0.717, 1.165) is 49.9 Å². The van der Waals surface area contributed by atoms with Crippen LogP contribution in [0.2, 0.25) is 0 Å². The second kappa shape index (κ2) is 12.0. The number of benzene rings is 7. The Bertz CT molecular complexity index is 2930. The smallest absolute Gasteiger partial charge is 0.234 e. The quantitative estimate of drug-likeness (QED) is 0.171. The van der Waals surface area contributed by atoms with Crippen LogP contribution in [-0.2, 0) is 12.0 Å². The minimum atomic E-state index is -0.129. The molecule has 2 aromatic heterocycles. The summed E-state index contributed by atoms with van der Waals surface area (Å²) >= 11 is 0. The van der Waals surface area contributed by atoms with Crippen LogP contribution in [0.15, 0.2) is 164 Å². The molecule has 3 heterocycles. The van der Waals surface area contributed by atoms with Crippen LogP contribution in [0.4, 0.5) is 11.6 Å². The molecule has 0 bridgehead atoms. The largest absolute Gasteiger partial charge is 0.305 e. The van der Waals surface area contributed by atoms with Gasteiger partial charge in [-0.2, -0.15) is 9.97 Å². The molecule has 1 aliphatic heterocycles. The lowest BCUT2D eigenvalue weighted by atomic mass is 9.80. The lowest BCUT2D eigenvalue weighted by molar-refractivity contribution is 0.659. The second-order valence-corrected chi connectivity index (χ2v) is 15.1. The summed E-state index contributed by atoms with van der Waals surface area (Å²) in [6.45, 7) is 5.31. The highest BCUT2D eigenvalue weighted by atomic mass is 15.3. The van der Waals surface area contributed by atoms with E-state index in [9.17, 15) is 0 Å². The minimum Gasteiger partial charge on any atom is -0.305 e. The van der Waals surface area contributed by atoms with Gasteiger partial charge in [0, 0.05) is 38.4 Å². The SMILES string of the molecule is CC1(C)c2ccccc2-c2cc3c(cc21)CN(c1nc(-c2ccccc2)nc(-c2ccccc2)n1)c1ccc(-c2nc4ccccc4c4ccccc24)cc1-3. The molecule has 0 unspecified atom stereocenters. The van der Waals surface area contributed by atoms with E-state index in [4.69, 9.17) is 19.9 Å². The van der Waals surface area contributed by atoms with Crippen molar-refractivity contribution in [2.45, 2.75) is 25.8 Å². The van der Waals surface area contributed by atoms with Crippen LogP contribution in [0, 0.1) is 0 Å². The highest BCUT2D eigenvalue weighted by molar-refractivity contribution is 6.11. The van der Waals surface area contributed by atoms with Crippen LogP contribution >= 0.6 is 0 Å². The lowest BCUT2D eigenvalue weighted by Crippen LogP contribution is -2.25. The van der Waals surface area contributed by atoms with E-state index in [0.29, 0.717) is 24.1 Å². The summed E-state index contributed by atoms with van der Waals surface area (Å²) in [6.07, 6.45) is 0. The van der Waals surface area contributed by atoms with Crippen LogP contribution in [0.25, 0.3) is 78.0 Å². The first-order chi connectivity index (χ1) is 27.0. The van der Waals surface area contributed by atoms with Gasteiger partial charge >= 0.3 is 0 Å². The van der Waals surface area contributed by atoms with E-state index < -0.39 is 0 Å². The summed E-state index contributed by atoms with van der Waals surface area (Å²) in [6, 6.07) is 57.9. The highest BCUT2D eigenvalue weighted by Gasteiger charge is 2.38. The van der Waals surface area contributed by atoms with Crippen molar-refractivity contribution in [1.29, 1.82) is 0 Å². The molecule has 0 amide bonds. The Hall–Kier alpha value is -6.98. The van der Waals surface area contributed by atoms with Gasteiger partial charge in [0.25, 0.3) is 0 Å². The highest BCUT2D eigenvalue weighted by Crippen LogP contribution is 2.53. The molecule has 5 heteroatoms. The fourth-order valence-corrected chi connectivity index (χ4v) is 8.78. The number of para-hydroxylation sites is 1. The molecule has 9 aromatic rings. The Balaban J connectivity index is 1.16. The molecule has 0 N–H and O–H groups in total. The minimum absolute atomic E-state index is 0.129. The summed E-state index contributed by atoms with van der Waals surface area (Å²) < 4.78 is 0. The van der Waals surface area contributed by atoms with Crippen LogP contribution in [0.1, 0.15) is 30.5 Å². The average molecular weight is 706 g/mol. The van der Waals surface area contributed by atoms with Crippen molar-refractivity contribution in [3.05, 3.63) is 180 Å². The van der Waals surface area contributed by atoms with E-state index in [1.807, 2.05) is 36.4 Å². The molecule has 2 aliphatic rings. The fraction of sp³-hybridized carbons (Fsp3) is 0.0800. The Morgan fingerprint density at radius 2 is 1.09 bits per heavy atom. The van der Waals surface area contributed by atoms with Gasteiger partial charge in [-0.15, -0.1) is 0 Å². The molecule has 55 heavy (non-hydrogen) atoms. The molecule has 5 nitrogen and oxygen atoms in total. The van der Waals surface area contributed by atoms with E-state index in [1.54, 1.807) is 0 Å². The predicted molar refractivity (Wildman–Crippen MR) is 224 cm³/mol. The standard InChI is InChI=1S/C50H35N5/c1-50(2)42-23-13-11-20-36(42)40-29-39-34(28-43(40)50)30-55(49-53-47(31-15-5-3-6-16-31)52-48(54-49)32-17-7-4-8-18-32)45-26-25-33(27-41(39)45)46-38-22-10-9-19-35(38)37-21-12-14-24-44(37)51-46/h3-29H,30H2,1-2H3. The van der Waals surface area contributed by atoms with E-state index in [1.165, 1.54) is 38.8 Å². The molecular formula is C50H35N5. The van der Waals surface area contributed by atoms with Gasteiger partial charge in [0.2, 0.25) is 5.95 Å². The Morgan fingerprint density at radius 3 is 1.84 bits per heavy atom. The number of aromatic nitrogens is 4. The molecule has 1 aliphatic carbocycles. The van der Waals surface area contributed by atoms with Gasteiger partial charge in [0.05, 0.1) is 23.4 Å². The topological polar surface area (TPSA) is 54.8 Å². The molecular weight excluding hydrogens is 671 g/mol. The van der Waals surface area contributed by atoms with Crippen LogP contribution < -0.4 is 4.90 Å². The first-order valence-electron chi connectivity index (χ1n) is 18.9. The van der Waals surface area contributed by atoms with Gasteiger partial charge in [-0.25, -0.2) is 9.97 Å². The van der Waals surface area contributed by atoms with Crippen molar-refractivity contribution in [3.8, 4) is 56.3 Å². The van der Waals surface area contributed by atoms with Crippen molar-refractivity contribution in [1.82, 2.24) is 19.9 Å². The molecule has 0 fully saturated rings. The van der Waals surface area contributed by atoms with Crippen molar-refractivity contribution < 1.29 is 0 Å². The number of anilines is 2. The third-order valence-electron chi connectivity index (χ3n) is 11.5. The monoisotopic (exact) mass is 705 g/mol. The average Bonchev–Trinajstić information content (AvgIpc) is 3.47. The Kier molecular flexibility index (Phi) is 6.89. The van der Waals surface area contributed by atoms with Crippen LogP contribution in [-0.4, -0.2) is 19.9 Å². The number of fused-ring (bicyclic) bond motifs is 9. The Labute approximate surface area is 319 Å². The van der Waals surface area contributed by atoms with Gasteiger partial charge in [-0.1, -0.05) is 153 Å². The number of nitrogens with zero attached hydrogens (tertiary/aromatic N) is 5. The van der Waals surface area contributed by atoms with Crippen LogP contribution in [0.5, 0.6) is 0 Å². The third-order valence-corrected chi connectivity index (χ3v) is 11.5. The zero-order valence-corrected chi connectivity index (χ0v) is 30.5. The van der Waals surface area contributed by atoms with Crippen molar-refractivity contribution in [2.24, 2.45) is 0 Å². The van der Waals surface area contributed by atoms with E-state index in [-0.39, 0.29) is 5.41 Å². The Morgan fingerprint density at radius 1 is 0.455 bits per heavy atom. The van der Waals surface area contributed by atoms with E-state index in [2.05, 4.69) is 146 Å². The van der Waals surface area contributed by atoms with Crippen molar-refractivity contribution in [2.75, 3.05) is 4.90 Å². The first kappa shape index (κ1) is 31.5. The molecule has 0 saturated heterocycles. The maximum atomic E-state index is 5.31. The maximum absolute atomic E-state index is 5.31. The maximum Gasteiger partial charge on any atom is 0.234 e. The van der Waals surface area contributed by atoms with Gasteiger partial charge in [0.1, 0.15) is 0 Å². The van der Waals surface area contributed by atoms with Crippen LogP contribution in [0.3, 0.4) is 0 Å². The molecule has 0 radical (unpaired) electrons. The van der Waals surface area contributed by atoms with Gasteiger partial charge in [0.15, 0.2) is 11.6 Å². The summed E-state index contributed by atoms with van der Waals surface area (Å²) in [5, 5.41) is 3.49. The summed E-state index contributed by atoms with van der Waals surface area (Å²) in [5.74, 6) is 1.90. The zero-order chi connectivity index (χ0) is 36.7. The fourth-order valence-electron chi connectivity index (χ4n) is 8.78. The second-order valence-electron chi connectivity index (χ2n) is 15.1. The molecule has 0 saturated carbocycles. The van der Waals surface area contributed by atoms with Gasteiger partial charge in [-0.3, -0.25) is 0 Å². The normalized spacial score (nSPS) is 13.7. The number of hydrogen-bond acceptors (Lipinski definition) is 5. The molecule has 0 atom stereocenters. The van der Waals surface area contributed by atoms with Gasteiger partial charge < -0.3 is 4.90 Å². The number of hydrogen-bond donors (Lipinski definition) is 0. The molecule has 260 valence electrons. The number of pyridine rings is 1. The summed E-state index contributed by atoms with van der Waals surface area (Å²) in [5.41, 5.74) is 14.8.